The zero-order valence-corrected chi connectivity index (χ0v) is 14.6. The highest BCUT2D eigenvalue weighted by Crippen LogP contribution is 2.64. The Bertz CT molecular complexity index is 385. The summed E-state index contributed by atoms with van der Waals surface area (Å²) < 4.78 is 0. The van der Waals surface area contributed by atoms with Gasteiger partial charge in [-0.15, -0.1) is 0 Å². The molecule has 0 radical (unpaired) electrons. The van der Waals surface area contributed by atoms with E-state index in [-0.39, 0.29) is 0 Å². The van der Waals surface area contributed by atoms with Gasteiger partial charge in [0.15, 0.2) is 0 Å². The normalized spacial score (nSPS) is 56.4. The van der Waals surface area contributed by atoms with Gasteiger partial charge >= 0.3 is 0 Å². The van der Waals surface area contributed by atoms with Gasteiger partial charge in [0.2, 0.25) is 0 Å². The summed E-state index contributed by atoms with van der Waals surface area (Å²) in [5.74, 6) is 7.65. The molecule has 0 spiro atoms. The van der Waals surface area contributed by atoms with Crippen molar-refractivity contribution >= 4 is 0 Å². The Balaban J connectivity index is 1.57. The summed E-state index contributed by atoms with van der Waals surface area (Å²) in [6.45, 7) is 7.66. The van der Waals surface area contributed by atoms with Gasteiger partial charge in [-0.05, 0) is 98.2 Å². The molecule has 0 heterocycles. The molecule has 120 valence electrons. The second kappa shape index (κ2) is 5.27. The molecule has 0 bridgehead atoms. The Labute approximate surface area is 132 Å². The SMILES string of the molecule is CC[C@H]1CC[C@H]2[C@@H]3CCC4CCC(C)C[C@@H]4[C@H]3CC[C@]12C. The highest BCUT2D eigenvalue weighted by molar-refractivity contribution is 5.05. The van der Waals surface area contributed by atoms with Crippen molar-refractivity contribution in [3.05, 3.63) is 0 Å². The average Bonchev–Trinajstić information content (AvgIpc) is 2.83. The van der Waals surface area contributed by atoms with Gasteiger partial charge in [0, 0.05) is 0 Å². The van der Waals surface area contributed by atoms with Crippen molar-refractivity contribution in [2.24, 2.45) is 46.8 Å². The van der Waals surface area contributed by atoms with E-state index in [1.54, 1.807) is 51.4 Å². The predicted molar refractivity (Wildman–Crippen MR) is 90.1 cm³/mol. The first kappa shape index (κ1) is 14.6. The second-order valence-corrected chi connectivity index (χ2v) is 9.58. The smallest absolute Gasteiger partial charge is 0.0266 e. The standard InChI is InChI=1S/C21H36/c1-4-16-8-10-20-18-9-7-15-6-5-14(2)13-19(15)17(18)11-12-21(16,20)3/h14-20H,4-13H2,1-3H3/t14?,15?,16-,17-,18+,19-,20-,21+/m0/s1. The molecule has 0 aliphatic heterocycles. The molecule has 0 heteroatoms. The van der Waals surface area contributed by atoms with Gasteiger partial charge in [-0.25, -0.2) is 0 Å². The Morgan fingerprint density at radius 3 is 2.48 bits per heavy atom. The molecule has 0 aromatic rings. The molecule has 4 saturated carbocycles. The molecule has 21 heavy (non-hydrogen) atoms. The third-order valence-corrected chi connectivity index (χ3v) is 8.91. The number of rotatable bonds is 1. The molecule has 4 rings (SSSR count). The van der Waals surface area contributed by atoms with E-state index >= 15 is 0 Å². The summed E-state index contributed by atoms with van der Waals surface area (Å²) in [4.78, 5) is 0. The van der Waals surface area contributed by atoms with Gasteiger partial charge < -0.3 is 0 Å². The van der Waals surface area contributed by atoms with E-state index in [4.69, 9.17) is 0 Å². The van der Waals surface area contributed by atoms with Crippen molar-refractivity contribution in [3.8, 4) is 0 Å². The minimum absolute atomic E-state index is 0.725. The van der Waals surface area contributed by atoms with Crippen LogP contribution in [0.2, 0.25) is 0 Å². The first-order valence-electron chi connectivity index (χ1n) is 10.1. The third kappa shape index (κ3) is 2.14. The van der Waals surface area contributed by atoms with Crippen molar-refractivity contribution in [1.82, 2.24) is 0 Å². The first-order valence-corrected chi connectivity index (χ1v) is 10.1. The Kier molecular flexibility index (Phi) is 3.66. The van der Waals surface area contributed by atoms with E-state index in [1.807, 2.05) is 0 Å². The third-order valence-electron chi connectivity index (χ3n) is 8.91. The fraction of sp³-hybridized carbons (Fsp3) is 1.00. The monoisotopic (exact) mass is 288 g/mol. The van der Waals surface area contributed by atoms with Crippen LogP contribution < -0.4 is 0 Å². The molecule has 0 aromatic carbocycles. The van der Waals surface area contributed by atoms with Crippen LogP contribution in [0, 0.1) is 46.8 Å². The van der Waals surface area contributed by atoms with Gasteiger partial charge in [-0.3, -0.25) is 0 Å². The van der Waals surface area contributed by atoms with Crippen LogP contribution in [0.5, 0.6) is 0 Å². The van der Waals surface area contributed by atoms with Crippen LogP contribution in [-0.2, 0) is 0 Å². The van der Waals surface area contributed by atoms with Crippen molar-refractivity contribution < 1.29 is 0 Å². The molecule has 8 atom stereocenters. The molecule has 0 N–H and O–H groups in total. The summed E-state index contributed by atoms with van der Waals surface area (Å²) in [5, 5.41) is 0. The van der Waals surface area contributed by atoms with Crippen molar-refractivity contribution in [2.75, 3.05) is 0 Å². The molecular weight excluding hydrogens is 252 g/mol. The van der Waals surface area contributed by atoms with Crippen LogP contribution in [0.4, 0.5) is 0 Å². The largest absolute Gasteiger partial charge is 0.0651 e. The topological polar surface area (TPSA) is 0 Å². The molecule has 4 aliphatic carbocycles. The first-order chi connectivity index (χ1) is 10.1. The summed E-state index contributed by atoms with van der Waals surface area (Å²) in [7, 11) is 0. The molecule has 4 aliphatic rings. The van der Waals surface area contributed by atoms with E-state index in [1.165, 1.54) is 12.8 Å². The molecular formula is C21H36. The lowest BCUT2D eigenvalue weighted by Gasteiger charge is -2.56. The van der Waals surface area contributed by atoms with Crippen LogP contribution in [0.25, 0.3) is 0 Å². The highest BCUT2D eigenvalue weighted by atomic mass is 14.6. The molecule has 4 fully saturated rings. The zero-order chi connectivity index (χ0) is 14.6. The molecule has 0 amide bonds. The van der Waals surface area contributed by atoms with E-state index < -0.39 is 0 Å². The van der Waals surface area contributed by atoms with E-state index in [0.29, 0.717) is 0 Å². The van der Waals surface area contributed by atoms with E-state index in [0.717, 1.165) is 46.8 Å². The molecule has 0 nitrogen and oxygen atoms in total. The van der Waals surface area contributed by atoms with Crippen molar-refractivity contribution in [2.45, 2.75) is 85.0 Å². The van der Waals surface area contributed by atoms with Crippen molar-refractivity contribution in [1.29, 1.82) is 0 Å². The Hall–Kier alpha value is 0. The van der Waals surface area contributed by atoms with Gasteiger partial charge in [0.25, 0.3) is 0 Å². The predicted octanol–water partition coefficient (Wildman–Crippen LogP) is 6.30. The fourth-order valence-corrected chi connectivity index (χ4v) is 7.82. The average molecular weight is 289 g/mol. The number of hydrogen-bond donors (Lipinski definition) is 0. The minimum Gasteiger partial charge on any atom is -0.0651 e. The Morgan fingerprint density at radius 2 is 1.67 bits per heavy atom. The lowest BCUT2D eigenvalue weighted by molar-refractivity contribution is -0.0681. The van der Waals surface area contributed by atoms with Crippen LogP contribution >= 0.6 is 0 Å². The van der Waals surface area contributed by atoms with Gasteiger partial charge in [-0.1, -0.05) is 33.6 Å². The summed E-state index contributed by atoms with van der Waals surface area (Å²) >= 11 is 0. The highest BCUT2D eigenvalue weighted by Gasteiger charge is 2.56. The molecule has 0 aromatic heterocycles. The fourth-order valence-electron chi connectivity index (χ4n) is 7.82. The molecule has 2 unspecified atom stereocenters. The number of fused-ring (bicyclic) bond motifs is 5. The Morgan fingerprint density at radius 1 is 0.857 bits per heavy atom. The van der Waals surface area contributed by atoms with E-state index in [2.05, 4.69) is 20.8 Å². The number of hydrogen-bond acceptors (Lipinski definition) is 0. The maximum Gasteiger partial charge on any atom is -0.0266 e. The lowest BCUT2D eigenvalue weighted by Crippen LogP contribution is -2.48. The summed E-state index contributed by atoms with van der Waals surface area (Å²) in [6.07, 6.45) is 15.6. The molecule has 0 saturated heterocycles. The second-order valence-electron chi connectivity index (χ2n) is 9.58. The quantitative estimate of drug-likeness (QED) is 0.531. The van der Waals surface area contributed by atoms with Crippen LogP contribution in [0.1, 0.15) is 85.0 Å². The van der Waals surface area contributed by atoms with Gasteiger partial charge in [0.1, 0.15) is 0 Å². The maximum atomic E-state index is 2.69. The maximum absolute atomic E-state index is 2.69. The van der Waals surface area contributed by atoms with Gasteiger partial charge in [0.05, 0.1) is 0 Å². The summed E-state index contributed by atoms with van der Waals surface area (Å²) in [5.41, 5.74) is 0.725. The van der Waals surface area contributed by atoms with Crippen molar-refractivity contribution in [3.63, 3.8) is 0 Å². The lowest BCUT2D eigenvalue weighted by atomic mass is 9.49. The van der Waals surface area contributed by atoms with Crippen LogP contribution in [0.15, 0.2) is 0 Å². The van der Waals surface area contributed by atoms with Gasteiger partial charge in [-0.2, -0.15) is 0 Å². The van der Waals surface area contributed by atoms with Crippen LogP contribution in [-0.4, -0.2) is 0 Å². The minimum atomic E-state index is 0.725. The summed E-state index contributed by atoms with van der Waals surface area (Å²) in [6, 6.07) is 0. The van der Waals surface area contributed by atoms with Crippen LogP contribution in [0.3, 0.4) is 0 Å². The van der Waals surface area contributed by atoms with E-state index in [9.17, 15) is 0 Å². The zero-order valence-electron chi connectivity index (χ0n) is 14.6.